The number of nitrogens with zero attached hydrogens (tertiary/aromatic N) is 2. The third-order valence-electron chi connectivity index (χ3n) is 4.30. The second-order valence-corrected chi connectivity index (χ2v) is 5.58. The molecule has 2 N–H and O–H groups in total. The highest BCUT2D eigenvalue weighted by Gasteiger charge is 2.35. The van der Waals surface area contributed by atoms with E-state index < -0.39 is 0 Å². The molecule has 1 aromatic heterocycles. The predicted octanol–water partition coefficient (Wildman–Crippen LogP) is 0.249. The molecule has 5 heteroatoms. The summed E-state index contributed by atoms with van der Waals surface area (Å²) in [6.07, 6.45) is 3.91. The van der Waals surface area contributed by atoms with E-state index in [4.69, 9.17) is 5.11 Å². The zero-order valence-corrected chi connectivity index (χ0v) is 11.9. The Morgan fingerprint density at radius 2 is 2.29 bits per heavy atom. The normalized spacial score (nSPS) is 26.8. The molecule has 21 heavy (non-hydrogen) atoms. The number of carbonyl (C=O) groups excluding carboxylic acids is 1. The molecule has 1 amide bonds. The van der Waals surface area contributed by atoms with Gasteiger partial charge in [0, 0.05) is 18.8 Å². The maximum Gasteiger partial charge on any atom is 0.271 e. The van der Waals surface area contributed by atoms with Crippen LogP contribution in [0.4, 0.5) is 0 Å². The summed E-state index contributed by atoms with van der Waals surface area (Å²) >= 11 is 0. The van der Waals surface area contributed by atoms with Crippen LogP contribution < -0.4 is 5.32 Å². The molecule has 1 atom stereocenters. The van der Waals surface area contributed by atoms with Gasteiger partial charge in [-0.05, 0) is 44.0 Å². The number of amides is 1. The van der Waals surface area contributed by atoms with Crippen molar-refractivity contribution in [3.05, 3.63) is 29.6 Å². The van der Waals surface area contributed by atoms with Crippen LogP contribution in [0.5, 0.6) is 0 Å². The van der Waals surface area contributed by atoms with Gasteiger partial charge in [-0.1, -0.05) is 11.8 Å². The summed E-state index contributed by atoms with van der Waals surface area (Å²) in [6.45, 7) is 3.00. The minimum absolute atomic E-state index is 0.170. The first kappa shape index (κ1) is 14.1. The molecule has 3 saturated heterocycles. The van der Waals surface area contributed by atoms with Crippen molar-refractivity contribution in [3.8, 4) is 11.8 Å². The molecule has 3 aliphatic rings. The highest BCUT2D eigenvalue weighted by atomic mass is 16.2. The minimum Gasteiger partial charge on any atom is -0.384 e. The first-order chi connectivity index (χ1) is 10.3. The molecule has 4 rings (SSSR count). The van der Waals surface area contributed by atoms with Gasteiger partial charge in [-0.15, -0.1) is 0 Å². The van der Waals surface area contributed by atoms with E-state index in [1.54, 1.807) is 18.3 Å². The van der Waals surface area contributed by atoms with E-state index in [1.807, 2.05) is 0 Å². The van der Waals surface area contributed by atoms with E-state index in [0.29, 0.717) is 17.2 Å². The van der Waals surface area contributed by atoms with Crippen LogP contribution in [0.15, 0.2) is 18.3 Å². The average molecular weight is 285 g/mol. The number of carbonyl (C=O) groups is 1. The van der Waals surface area contributed by atoms with Crippen molar-refractivity contribution in [2.45, 2.75) is 18.9 Å². The Bertz CT molecular complexity index is 583. The number of aliphatic hydroxyl groups excluding tert-OH is 1. The fourth-order valence-corrected chi connectivity index (χ4v) is 3.19. The van der Waals surface area contributed by atoms with Crippen molar-refractivity contribution < 1.29 is 9.90 Å². The van der Waals surface area contributed by atoms with Crippen molar-refractivity contribution in [1.29, 1.82) is 0 Å². The Morgan fingerprint density at radius 3 is 2.95 bits per heavy atom. The summed E-state index contributed by atoms with van der Waals surface area (Å²) in [5, 5.41) is 11.9. The monoisotopic (exact) mass is 285 g/mol. The summed E-state index contributed by atoms with van der Waals surface area (Å²) < 4.78 is 0. The topological polar surface area (TPSA) is 65.5 Å². The number of fused-ring (bicyclic) bond motifs is 3. The van der Waals surface area contributed by atoms with Gasteiger partial charge in [0.25, 0.3) is 5.91 Å². The van der Waals surface area contributed by atoms with Crippen molar-refractivity contribution >= 4 is 5.91 Å². The number of hydrogen-bond acceptors (Lipinski definition) is 4. The van der Waals surface area contributed by atoms with Crippen molar-refractivity contribution in [2.75, 3.05) is 26.2 Å². The highest BCUT2D eigenvalue weighted by molar-refractivity contribution is 5.95. The molecular formula is C16H19N3O2. The molecule has 3 fully saturated rings. The highest BCUT2D eigenvalue weighted by Crippen LogP contribution is 2.27. The van der Waals surface area contributed by atoms with Gasteiger partial charge < -0.3 is 15.3 Å². The number of aliphatic hydroxyl groups is 1. The van der Waals surface area contributed by atoms with E-state index in [0.717, 1.165) is 32.5 Å². The van der Waals surface area contributed by atoms with Gasteiger partial charge >= 0.3 is 0 Å². The van der Waals surface area contributed by atoms with Crippen LogP contribution in [0.3, 0.4) is 0 Å². The van der Waals surface area contributed by atoms with Gasteiger partial charge in [0.1, 0.15) is 12.3 Å². The van der Waals surface area contributed by atoms with E-state index in [2.05, 4.69) is 27.0 Å². The lowest BCUT2D eigenvalue weighted by Gasteiger charge is -2.44. The molecule has 1 unspecified atom stereocenters. The van der Waals surface area contributed by atoms with Crippen molar-refractivity contribution in [2.24, 2.45) is 5.92 Å². The van der Waals surface area contributed by atoms with Gasteiger partial charge in [0.2, 0.25) is 0 Å². The zero-order valence-electron chi connectivity index (χ0n) is 11.9. The maximum atomic E-state index is 12.5. The van der Waals surface area contributed by atoms with Gasteiger partial charge in [0.15, 0.2) is 0 Å². The smallest absolute Gasteiger partial charge is 0.271 e. The fourth-order valence-electron chi connectivity index (χ4n) is 3.19. The number of pyridine rings is 1. The first-order valence-corrected chi connectivity index (χ1v) is 7.36. The second-order valence-electron chi connectivity index (χ2n) is 5.58. The van der Waals surface area contributed by atoms with Crippen LogP contribution in [0, 0.1) is 17.8 Å². The molecule has 0 aromatic carbocycles. The zero-order chi connectivity index (χ0) is 14.7. The molecule has 110 valence electrons. The van der Waals surface area contributed by atoms with E-state index in [9.17, 15) is 4.79 Å². The number of piperidine rings is 3. The maximum absolute atomic E-state index is 12.5. The Balaban J connectivity index is 1.74. The fraction of sp³-hybridized carbons (Fsp3) is 0.500. The Morgan fingerprint density at radius 1 is 1.48 bits per heavy atom. The van der Waals surface area contributed by atoms with Gasteiger partial charge in [-0.2, -0.15) is 0 Å². The van der Waals surface area contributed by atoms with Gasteiger partial charge in [0.05, 0.1) is 5.56 Å². The van der Waals surface area contributed by atoms with Crippen LogP contribution in [-0.2, 0) is 0 Å². The van der Waals surface area contributed by atoms with Crippen LogP contribution in [-0.4, -0.2) is 53.2 Å². The number of nitrogens with one attached hydrogen (secondary N) is 1. The van der Waals surface area contributed by atoms with Gasteiger partial charge in [-0.25, -0.2) is 4.98 Å². The molecule has 0 aliphatic carbocycles. The standard InChI is InChI=1S/C16H19N3O2/c20-10-2-4-13-3-1-7-17-15(13)16(21)18-14-11-19-8-5-12(14)6-9-19/h1,3,7,12,14,20H,5-6,8-11H2,(H,18,21). The molecule has 0 saturated carbocycles. The Hall–Kier alpha value is -1.90. The van der Waals surface area contributed by atoms with Crippen LogP contribution in [0.1, 0.15) is 28.9 Å². The van der Waals surface area contributed by atoms with Crippen molar-refractivity contribution in [1.82, 2.24) is 15.2 Å². The van der Waals surface area contributed by atoms with Crippen LogP contribution in [0.2, 0.25) is 0 Å². The predicted molar refractivity (Wildman–Crippen MR) is 78.6 cm³/mol. The molecular weight excluding hydrogens is 266 g/mol. The second kappa shape index (κ2) is 6.25. The Labute approximate surface area is 124 Å². The molecule has 0 spiro atoms. The summed E-state index contributed by atoms with van der Waals surface area (Å²) in [4.78, 5) is 19.0. The SMILES string of the molecule is O=C(NC1CN2CCC1CC2)c1ncccc1C#CCO. The van der Waals surface area contributed by atoms with Gasteiger partial charge in [-0.3, -0.25) is 4.79 Å². The molecule has 5 nitrogen and oxygen atoms in total. The summed E-state index contributed by atoms with van der Waals surface area (Å²) in [5.41, 5.74) is 0.903. The average Bonchev–Trinajstić information content (AvgIpc) is 2.54. The third-order valence-corrected chi connectivity index (χ3v) is 4.30. The number of rotatable bonds is 2. The molecule has 1 aromatic rings. The number of hydrogen-bond donors (Lipinski definition) is 2. The van der Waals surface area contributed by atoms with E-state index in [1.165, 1.54) is 0 Å². The summed E-state index contributed by atoms with van der Waals surface area (Å²) in [6, 6.07) is 3.70. The summed E-state index contributed by atoms with van der Waals surface area (Å²) in [7, 11) is 0. The molecule has 3 aliphatic heterocycles. The van der Waals surface area contributed by atoms with Crippen LogP contribution >= 0.6 is 0 Å². The largest absolute Gasteiger partial charge is 0.384 e. The third kappa shape index (κ3) is 3.07. The van der Waals surface area contributed by atoms with E-state index >= 15 is 0 Å². The molecule has 0 radical (unpaired) electrons. The first-order valence-electron chi connectivity index (χ1n) is 7.36. The number of aromatic nitrogens is 1. The van der Waals surface area contributed by atoms with Crippen molar-refractivity contribution in [3.63, 3.8) is 0 Å². The summed E-state index contributed by atoms with van der Waals surface area (Å²) in [5.74, 6) is 5.76. The quantitative estimate of drug-likeness (QED) is 0.765. The molecule has 4 heterocycles. The lowest BCUT2D eigenvalue weighted by atomic mass is 9.84. The lowest BCUT2D eigenvalue weighted by Crippen LogP contribution is -2.57. The lowest BCUT2D eigenvalue weighted by molar-refractivity contribution is 0.0617. The minimum atomic E-state index is -0.227. The Kier molecular flexibility index (Phi) is 4.18. The van der Waals surface area contributed by atoms with Crippen LogP contribution in [0.25, 0.3) is 0 Å². The van der Waals surface area contributed by atoms with E-state index in [-0.39, 0.29) is 18.6 Å². The molecule has 2 bridgehead atoms.